The minimum atomic E-state index is 0.371. The number of aromatic nitrogens is 2. The molecule has 0 saturated heterocycles. The van der Waals surface area contributed by atoms with E-state index in [4.69, 9.17) is 9.15 Å². The van der Waals surface area contributed by atoms with Gasteiger partial charge in [-0.1, -0.05) is 0 Å². The number of carbonyl (C=O) groups excluding carboxylic acids is 1. The number of oxazole rings is 1. The van der Waals surface area contributed by atoms with Gasteiger partial charge >= 0.3 is 0 Å². The third-order valence-electron chi connectivity index (χ3n) is 2.76. The van der Waals surface area contributed by atoms with E-state index in [9.17, 15) is 4.79 Å². The van der Waals surface area contributed by atoms with Gasteiger partial charge in [0, 0.05) is 11.8 Å². The molecular formula is C14H9N3O3. The number of benzene rings is 1. The quantitative estimate of drug-likeness (QED) is 0.538. The highest BCUT2D eigenvalue weighted by Crippen LogP contribution is 2.32. The van der Waals surface area contributed by atoms with Crippen LogP contribution in [0, 0.1) is 0 Å². The fourth-order valence-electron chi connectivity index (χ4n) is 1.85. The van der Waals surface area contributed by atoms with Crippen molar-refractivity contribution in [1.82, 2.24) is 9.97 Å². The monoisotopic (exact) mass is 267 g/mol. The summed E-state index contributed by atoms with van der Waals surface area (Å²) in [6, 6.07) is 8.66. The van der Waals surface area contributed by atoms with Crippen LogP contribution in [0.15, 0.2) is 45.9 Å². The van der Waals surface area contributed by atoms with E-state index in [0.717, 1.165) is 0 Å². The lowest BCUT2D eigenvalue weighted by molar-refractivity contribution is 0.416. The zero-order chi connectivity index (χ0) is 13.9. The van der Waals surface area contributed by atoms with Crippen molar-refractivity contribution in [3.63, 3.8) is 0 Å². The van der Waals surface area contributed by atoms with Crippen LogP contribution in [0.5, 0.6) is 5.75 Å². The molecule has 0 N–H and O–H groups in total. The molecule has 0 saturated carbocycles. The second kappa shape index (κ2) is 4.95. The maximum atomic E-state index is 10.4. The number of pyridine rings is 1. The Balaban J connectivity index is 2.13. The zero-order valence-electron chi connectivity index (χ0n) is 10.5. The second-order valence-electron chi connectivity index (χ2n) is 3.93. The normalized spacial score (nSPS) is 10.2. The molecule has 20 heavy (non-hydrogen) atoms. The number of nitrogens with zero attached hydrogens (tertiary/aromatic N) is 3. The molecule has 6 nitrogen and oxygen atoms in total. The van der Waals surface area contributed by atoms with Crippen molar-refractivity contribution in [1.29, 1.82) is 0 Å². The summed E-state index contributed by atoms with van der Waals surface area (Å²) in [5.74, 6) is 0.884. The average molecular weight is 267 g/mol. The molecule has 3 aromatic rings. The smallest absolute Gasteiger partial charge is 0.240 e. The molecule has 0 aliphatic heterocycles. The molecule has 1 aromatic carbocycles. The Labute approximate surface area is 113 Å². The molecule has 2 aromatic heterocycles. The van der Waals surface area contributed by atoms with Crippen molar-refractivity contribution in [2.24, 2.45) is 4.99 Å². The van der Waals surface area contributed by atoms with E-state index in [2.05, 4.69) is 15.0 Å². The van der Waals surface area contributed by atoms with Crippen molar-refractivity contribution in [3.05, 3.63) is 36.5 Å². The molecule has 0 atom stereocenters. The Bertz CT molecular complexity index is 786. The topological polar surface area (TPSA) is 77.6 Å². The van der Waals surface area contributed by atoms with Crippen molar-refractivity contribution >= 4 is 23.0 Å². The first-order valence-corrected chi connectivity index (χ1v) is 5.79. The van der Waals surface area contributed by atoms with E-state index in [1.54, 1.807) is 36.5 Å². The molecule has 3 rings (SSSR count). The van der Waals surface area contributed by atoms with Crippen LogP contribution in [0.2, 0.25) is 0 Å². The summed E-state index contributed by atoms with van der Waals surface area (Å²) >= 11 is 0. The molecule has 0 bridgehead atoms. The largest absolute Gasteiger partial charge is 0.494 e. The Morgan fingerprint density at radius 2 is 2.25 bits per heavy atom. The third kappa shape index (κ3) is 2.04. The van der Waals surface area contributed by atoms with Gasteiger partial charge in [-0.2, -0.15) is 9.98 Å². The molecule has 0 amide bonds. The van der Waals surface area contributed by atoms with E-state index < -0.39 is 0 Å². The van der Waals surface area contributed by atoms with Gasteiger partial charge in [-0.25, -0.2) is 9.78 Å². The van der Waals surface area contributed by atoms with E-state index in [1.165, 1.54) is 13.2 Å². The predicted octanol–water partition coefficient (Wildman–Crippen LogP) is 2.87. The highest BCUT2D eigenvalue weighted by molar-refractivity contribution is 5.74. The minimum absolute atomic E-state index is 0.371. The minimum Gasteiger partial charge on any atom is -0.494 e. The van der Waals surface area contributed by atoms with Crippen LogP contribution in [0.25, 0.3) is 22.7 Å². The molecule has 98 valence electrons. The van der Waals surface area contributed by atoms with Gasteiger partial charge in [0.15, 0.2) is 11.2 Å². The van der Waals surface area contributed by atoms with Crippen molar-refractivity contribution < 1.29 is 13.9 Å². The molecule has 0 unspecified atom stereocenters. The average Bonchev–Trinajstić information content (AvgIpc) is 2.91. The van der Waals surface area contributed by atoms with Crippen molar-refractivity contribution in [3.8, 4) is 17.2 Å². The molecule has 0 radical (unpaired) electrons. The molecule has 2 heterocycles. The van der Waals surface area contributed by atoms with E-state index in [1.807, 2.05) is 0 Å². The van der Waals surface area contributed by atoms with Gasteiger partial charge in [0.2, 0.25) is 12.0 Å². The SMILES string of the molecule is COc1ccc(-c2nc3ncccc3o2)cc1N=C=O. The molecule has 0 aliphatic rings. The summed E-state index contributed by atoms with van der Waals surface area (Å²) in [5.41, 5.74) is 2.17. The first-order chi connectivity index (χ1) is 9.81. The van der Waals surface area contributed by atoms with Gasteiger partial charge in [-0.15, -0.1) is 0 Å². The predicted molar refractivity (Wildman–Crippen MR) is 71.6 cm³/mol. The number of methoxy groups -OCH3 is 1. The number of aliphatic imine (C=N–C) groups is 1. The lowest BCUT2D eigenvalue weighted by Gasteiger charge is -2.03. The van der Waals surface area contributed by atoms with Gasteiger partial charge in [0.1, 0.15) is 11.4 Å². The maximum Gasteiger partial charge on any atom is 0.240 e. The highest BCUT2D eigenvalue weighted by Gasteiger charge is 2.11. The molecule has 0 aliphatic carbocycles. The fraction of sp³-hybridized carbons (Fsp3) is 0.0714. The zero-order valence-corrected chi connectivity index (χ0v) is 10.5. The first-order valence-electron chi connectivity index (χ1n) is 5.79. The van der Waals surface area contributed by atoms with Crippen LogP contribution in [-0.4, -0.2) is 23.2 Å². The summed E-state index contributed by atoms with van der Waals surface area (Å²) in [4.78, 5) is 22.4. The van der Waals surface area contributed by atoms with Crippen molar-refractivity contribution in [2.75, 3.05) is 7.11 Å². The summed E-state index contributed by atoms with van der Waals surface area (Å²) < 4.78 is 10.7. The summed E-state index contributed by atoms with van der Waals surface area (Å²) in [7, 11) is 1.50. The second-order valence-corrected chi connectivity index (χ2v) is 3.93. The Kier molecular flexibility index (Phi) is 2.99. The van der Waals surface area contributed by atoms with Gasteiger partial charge in [-0.05, 0) is 30.3 Å². The van der Waals surface area contributed by atoms with E-state index in [-0.39, 0.29) is 0 Å². The Morgan fingerprint density at radius 3 is 3.00 bits per heavy atom. The van der Waals surface area contributed by atoms with Gasteiger partial charge in [0.05, 0.1) is 7.11 Å². The first kappa shape index (κ1) is 12.1. The van der Waals surface area contributed by atoms with Gasteiger partial charge in [0.25, 0.3) is 0 Å². The fourth-order valence-corrected chi connectivity index (χ4v) is 1.85. The van der Waals surface area contributed by atoms with Crippen LogP contribution in [-0.2, 0) is 4.79 Å². The third-order valence-corrected chi connectivity index (χ3v) is 2.76. The number of ether oxygens (including phenoxy) is 1. The highest BCUT2D eigenvalue weighted by atomic mass is 16.5. The number of hydrogen-bond acceptors (Lipinski definition) is 6. The standard InChI is InChI=1S/C14H9N3O3/c1-19-11-5-4-9(7-10(11)16-8-18)14-17-13-12(20-14)3-2-6-15-13/h2-7H,1H3. The van der Waals surface area contributed by atoms with Gasteiger partial charge < -0.3 is 9.15 Å². The maximum absolute atomic E-state index is 10.4. The van der Waals surface area contributed by atoms with Crippen LogP contribution in [0.4, 0.5) is 5.69 Å². The van der Waals surface area contributed by atoms with Crippen LogP contribution >= 0.6 is 0 Å². The Hall–Kier alpha value is -2.98. The molecule has 0 spiro atoms. The Morgan fingerprint density at radius 1 is 1.35 bits per heavy atom. The lowest BCUT2D eigenvalue weighted by Crippen LogP contribution is -1.85. The van der Waals surface area contributed by atoms with E-state index in [0.29, 0.717) is 34.1 Å². The van der Waals surface area contributed by atoms with Crippen molar-refractivity contribution in [2.45, 2.75) is 0 Å². The summed E-state index contributed by atoms with van der Waals surface area (Å²) in [6.07, 6.45) is 3.14. The number of rotatable bonds is 3. The molecular weight excluding hydrogens is 258 g/mol. The molecule has 0 fully saturated rings. The van der Waals surface area contributed by atoms with Crippen LogP contribution < -0.4 is 4.74 Å². The number of hydrogen-bond donors (Lipinski definition) is 0. The van der Waals surface area contributed by atoms with Gasteiger partial charge in [-0.3, -0.25) is 0 Å². The number of fused-ring (bicyclic) bond motifs is 1. The van der Waals surface area contributed by atoms with Crippen LogP contribution in [0.3, 0.4) is 0 Å². The number of isocyanates is 1. The molecule has 6 heteroatoms. The lowest BCUT2D eigenvalue weighted by atomic mass is 10.2. The summed E-state index contributed by atoms with van der Waals surface area (Å²) in [6.45, 7) is 0. The van der Waals surface area contributed by atoms with Crippen LogP contribution in [0.1, 0.15) is 0 Å². The summed E-state index contributed by atoms with van der Waals surface area (Å²) in [5, 5.41) is 0. The van der Waals surface area contributed by atoms with E-state index >= 15 is 0 Å².